The van der Waals surface area contributed by atoms with E-state index in [-0.39, 0.29) is 0 Å². The van der Waals surface area contributed by atoms with Crippen LogP contribution < -0.4 is 15.4 Å². The summed E-state index contributed by atoms with van der Waals surface area (Å²) in [5.41, 5.74) is 1.28. The van der Waals surface area contributed by atoms with Crippen LogP contribution in [0.3, 0.4) is 0 Å². The molecule has 0 aromatic heterocycles. The van der Waals surface area contributed by atoms with E-state index in [4.69, 9.17) is 14.2 Å². The summed E-state index contributed by atoms with van der Waals surface area (Å²) in [4.78, 5) is 4.27. The summed E-state index contributed by atoms with van der Waals surface area (Å²) in [5.74, 6) is 2.89. The van der Waals surface area contributed by atoms with Crippen molar-refractivity contribution in [3.05, 3.63) is 29.8 Å². The number of nitrogens with zero attached hydrogens (tertiary/aromatic N) is 1. The van der Waals surface area contributed by atoms with Gasteiger partial charge in [-0.15, -0.1) is 0 Å². The summed E-state index contributed by atoms with van der Waals surface area (Å²) >= 11 is 0. The van der Waals surface area contributed by atoms with Crippen molar-refractivity contribution in [1.82, 2.24) is 10.6 Å². The van der Waals surface area contributed by atoms with E-state index in [9.17, 15) is 0 Å². The molecule has 0 spiro atoms. The van der Waals surface area contributed by atoms with E-state index in [1.807, 2.05) is 12.1 Å². The van der Waals surface area contributed by atoms with Crippen LogP contribution in [0, 0.1) is 11.8 Å². The van der Waals surface area contributed by atoms with Crippen molar-refractivity contribution in [2.45, 2.75) is 33.1 Å². The largest absolute Gasteiger partial charge is 0.493 e. The Labute approximate surface area is 170 Å². The monoisotopic (exact) mass is 391 g/mol. The number of nitrogens with one attached hydrogen (secondary N) is 2. The van der Waals surface area contributed by atoms with Gasteiger partial charge in [-0.3, -0.25) is 4.99 Å². The lowest BCUT2D eigenvalue weighted by Gasteiger charge is -2.13. The Hall–Kier alpha value is -1.79. The van der Waals surface area contributed by atoms with Crippen LogP contribution in [0.25, 0.3) is 0 Å². The van der Waals surface area contributed by atoms with Crippen molar-refractivity contribution >= 4 is 5.96 Å². The second-order valence-corrected chi connectivity index (χ2v) is 7.68. The van der Waals surface area contributed by atoms with E-state index in [0.29, 0.717) is 11.8 Å². The molecule has 1 aliphatic rings. The van der Waals surface area contributed by atoms with Gasteiger partial charge in [0.15, 0.2) is 5.96 Å². The molecule has 1 aliphatic heterocycles. The van der Waals surface area contributed by atoms with Crippen molar-refractivity contribution in [3.8, 4) is 5.75 Å². The number of benzene rings is 1. The van der Waals surface area contributed by atoms with Crippen LogP contribution in [0.4, 0.5) is 0 Å². The molecule has 0 saturated carbocycles. The molecular weight excluding hydrogens is 354 g/mol. The minimum absolute atomic E-state index is 0.539. The highest BCUT2D eigenvalue weighted by molar-refractivity contribution is 5.79. The Morgan fingerprint density at radius 3 is 2.68 bits per heavy atom. The van der Waals surface area contributed by atoms with E-state index >= 15 is 0 Å². The zero-order valence-electron chi connectivity index (χ0n) is 17.7. The quantitative estimate of drug-likeness (QED) is 0.326. The Balaban J connectivity index is 1.52. The van der Waals surface area contributed by atoms with Crippen LogP contribution in [0.15, 0.2) is 29.3 Å². The average Bonchev–Trinajstić information content (AvgIpc) is 3.22. The first-order chi connectivity index (χ1) is 13.7. The van der Waals surface area contributed by atoms with Gasteiger partial charge in [0.2, 0.25) is 0 Å². The van der Waals surface area contributed by atoms with Crippen molar-refractivity contribution in [3.63, 3.8) is 0 Å². The lowest BCUT2D eigenvalue weighted by Crippen LogP contribution is -2.39. The fraction of sp³-hybridized carbons (Fsp3) is 0.682. The molecule has 6 heteroatoms. The third-order valence-corrected chi connectivity index (χ3v) is 4.57. The zero-order valence-corrected chi connectivity index (χ0v) is 17.7. The van der Waals surface area contributed by atoms with E-state index in [1.165, 1.54) is 5.56 Å². The maximum absolute atomic E-state index is 5.72. The molecule has 1 atom stereocenters. The molecule has 1 aromatic rings. The Morgan fingerprint density at radius 2 is 2.00 bits per heavy atom. The molecule has 0 aliphatic carbocycles. The molecule has 0 radical (unpaired) electrons. The first-order valence-corrected chi connectivity index (χ1v) is 10.5. The molecule has 158 valence electrons. The van der Waals surface area contributed by atoms with Crippen LogP contribution in [-0.2, 0) is 15.9 Å². The van der Waals surface area contributed by atoms with Gasteiger partial charge in [0.1, 0.15) is 5.75 Å². The van der Waals surface area contributed by atoms with Crippen LogP contribution in [-0.4, -0.2) is 59.1 Å². The van der Waals surface area contributed by atoms with Gasteiger partial charge in [-0.1, -0.05) is 26.0 Å². The first kappa shape index (κ1) is 22.5. The lowest BCUT2D eigenvalue weighted by atomic mass is 10.1. The Bertz CT molecular complexity index is 555. The van der Waals surface area contributed by atoms with Gasteiger partial charge in [-0.05, 0) is 42.9 Å². The standard InChI is InChI=1S/C22H37N3O3/c1-18(2)15-28-21-7-5-19(6-8-21)9-12-25-22(23-3)24-11-4-13-26-16-20-10-14-27-17-20/h5-8,18,20H,4,9-17H2,1-3H3,(H2,23,24,25). The van der Waals surface area contributed by atoms with Crippen LogP contribution in [0.5, 0.6) is 5.75 Å². The summed E-state index contributed by atoms with van der Waals surface area (Å²) in [6.45, 7) is 10.1. The predicted molar refractivity (Wildman–Crippen MR) is 114 cm³/mol. The smallest absolute Gasteiger partial charge is 0.190 e. The highest BCUT2D eigenvalue weighted by Crippen LogP contribution is 2.13. The first-order valence-electron chi connectivity index (χ1n) is 10.5. The van der Waals surface area contributed by atoms with Crippen molar-refractivity contribution < 1.29 is 14.2 Å². The summed E-state index contributed by atoms with van der Waals surface area (Å²) in [5, 5.41) is 6.69. The van der Waals surface area contributed by atoms with Crippen molar-refractivity contribution in [2.75, 3.05) is 53.2 Å². The zero-order chi connectivity index (χ0) is 20.0. The van der Waals surface area contributed by atoms with Crippen LogP contribution >= 0.6 is 0 Å². The number of hydrogen-bond donors (Lipinski definition) is 2. The second-order valence-electron chi connectivity index (χ2n) is 7.68. The van der Waals surface area contributed by atoms with Crippen LogP contribution in [0.2, 0.25) is 0 Å². The van der Waals surface area contributed by atoms with E-state index in [1.54, 1.807) is 7.05 Å². The van der Waals surface area contributed by atoms with Gasteiger partial charge >= 0.3 is 0 Å². The highest BCUT2D eigenvalue weighted by atomic mass is 16.5. The average molecular weight is 392 g/mol. The molecule has 28 heavy (non-hydrogen) atoms. The lowest BCUT2D eigenvalue weighted by molar-refractivity contribution is 0.0888. The fourth-order valence-electron chi connectivity index (χ4n) is 2.91. The third kappa shape index (κ3) is 9.42. The molecule has 1 unspecified atom stereocenters. The van der Waals surface area contributed by atoms with E-state index < -0.39 is 0 Å². The Kier molecular flexibility index (Phi) is 10.8. The minimum Gasteiger partial charge on any atom is -0.493 e. The minimum atomic E-state index is 0.539. The molecule has 1 saturated heterocycles. The van der Waals surface area contributed by atoms with Gasteiger partial charge in [0, 0.05) is 39.3 Å². The fourth-order valence-corrected chi connectivity index (χ4v) is 2.91. The van der Waals surface area contributed by atoms with Gasteiger partial charge < -0.3 is 24.8 Å². The summed E-state index contributed by atoms with van der Waals surface area (Å²) in [6, 6.07) is 8.34. The van der Waals surface area contributed by atoms with Crippen molar-refractivity contribution in [2.24, 2.45) is 16.8 Å². The molecular formula is C22H37N3O3. The predicted octanol–water partition coefficient (Wildman–Crippen LogP) is 2.87. The molecule has 0 bridgehead atoms. The number of guanidine groups is 1. The maximum atomic E-state index is 5.72. The number of ether oxygens (including phenoxy) is 3. The van der Waals surface area contributed by atoms with Gasteiger partial charge in [-0.2, -0.15) is 0 Å². The molecule has 6 nitrogen and oxygen atoms in total. The summed E-state index contributed by atoms with van der Waals surface area (Å²) in [7, 11) is 1.80. The third-order valence-electron chi connectivity index (χ3n) is 4.57. The summed E-state index contributed by atoms with van der Waals surface area (Å²) in [6.07, 6.45) is 3.03. The van der Waals surface area contributed by atoms with Gasteiger partial charge in [-0.25, -0.2) is 0 Å². The van der Waals surface area contributed by atoms with Gasteiger partial charge in [0.25, 0.3) is 0 Å². The topological polar surface area (TPSA) is 64.1 Å². The molecule has 0 amide bonds. The molecule has 2 rings (SSSR count). The number of hydrogen-bond acceptors (Lipinski definition) is 4. The van der Waals surface area contributed by atoms with Crippen molar-refractivity contribution in [1.29, 1.82) is 0 Å². The normalized spacial score (nSPS) is 17.1. The molecule has 1 fully saturated rings. The Morgan fingerprint density at radius 1 is 1.21 bits per heavy atom. The van der Waals surface area contributed by atoms with Gasteiger partial charge in [0.05, 0.1) is 19.8 Å². The van der Waals surface area contributed by atoms with E-state index in [0.717, 1.165) is 77.1 Å². The number of rotatable bonds is 12. The second kappa shape index (κ2) is 13.4. The SMILES string of the molecule is CN=C(NCCCOCC1CCOC1)NCCc1ccc(OCC(C)C)cc1. The van der Waals surface area contributed by atoms with E-state index in [2.05, 4.69) is 41.6 Å². The number of aliphatic imine (C=N–C) groups is 1. The maximum Gasteiger partial charge on any atom is 0.190 e. The summed E-state index contributed by atoms with van der Waals surface area (Å²) < 4.78 is 16.8. The molecule has 2 N–H and O–H groups in total. The highest BCUT2D eigenvalue weighted by Gasteiger charge is 2.15. The van der Waals surface area contributed by atoms with Crippen LogP contribution in [0.1, 0.15) is 32.3 Å². The molecule has 1 aromatic carbocycles. The molecule has 1 heterocycles.